The van der Waals surface area contributed by atoms with Crippen LogP contribution in [0, 0.1) is 6.92 Å². The molecule has 4 heteroatoms. The van der Waals surface area contributed by atoms with Crippen molar-refractivity contribution >= 4 is 16.6 Å². The monoisotopic (exact) mass is 336 g/mol. The Labute approximate surface area is 150 Å². The fourth-order valence-electron chi connectivity index (χ4n) is 3.29. The molecule has 0 aliphatic carbocycles. The lowest BCUT2D eigenvalue weighted by molar-refractivity contribution is 0.941. The Kier molecular flexibility index (Phi) is 3.28. The van der Waals surface area contributed by atoms with E-state index in [1.165, 1.54) is 5.56 Å². The minimum absolute atomic E-state index is 0.845. The Balaban J connectivity index is 1.67. The highest BCUT2D eigenvalue weighted by atomic mass is 15.2. The van der Waals surface area contributed by atoms with Gasteiger partial charge in [-0.3, -0.25) is 4.98 Å². The smallest absolute Gasteiger partial charge is 0.162 e. The summed E-state index contributed by atoms with van der Waals surface area (Å²) in [5, 5.41) is 5.65. The van der Waals surface area contributed by atoms with Crippen molar-refractivity contribution < 1.29 is 0 Å². The van der Waals surface area contributed by atoms with E-state index in [0.717, 1.165) is 38.8 Å². The number of nitrogens with zero attached hydrogens (tertiary/aromatic N) is 4. The summed E-state index contributed by atoms with van der Waals surface area (Å²) >= 11 is 0. The van der Waals surface area contributed by atoms with Crippen molar-refractivity contribution in [2.75, 3.05) is 0 Å². The van der Waals surface area contributed by atoms with Gasteiger partial charge >= 0.3 is 0 Å². The Hall–Kier alpha value is -3.53. The summed E-state index contributed by atoms with van der Waals surface area (Å²) in [6.07, 6.45) is 7.65. The molecule has 0 unspecified atom stereocenters. The summed E-state index contributed by atoms with van der Waals surface area (Å²) in [5.41, 5.74) is 7.36. The topological polar surface area (TPSA) is 43.1 Å². The first-order valence-electron chi connectivity index (χ1n) is 8.54. The minimum atomic E-state index is 0.845. The Bertz CT molecular complexity index is 1230. The molecule has 26 heavy (non-hydrogen) atoms. The lowest BCUT2D eigenvalue weighted by Gasteiger charge is -2.05. The molecule has 0 N–H and O–H groups in total. The predicted molar refractivity (Wildman–Crippen MR) is 104 cm³/mol. The first-order chi connectivity index (χ1) is 12.8. The highest BCUT2D eigenvalue weighted by Crippen LogP contribution is 2.30. The van der Waals surface area contributed by atoms with Crippen LogP contribution in [0.4, 0.5) is 0 Å². The number of fused-ring (bicyclic) bond motifs is 2. The van der Waals surface area contributed by atoms with E-state index in [1.807, 2.05) is 53.6 Å². The molecule has 0 amide bonds. The van der Waals surface area contributed by atoms with Gasteiger partial charge in [-0.25, -0.2) is 9.50 Å². The van der Waals surface area contributed by atoms with Gasteiger partial charge in [-0.1, -0.05) is 48.0 Å². The van der Waals surface area contributed by atoms with Crippen molar-refractivity contribution in [3.63, 3.8) is 0 Å². The fourth-order valence-corrected chi connectivity index (χ4v) is 3.29. The standard InChI is InChI=1S/C22H16N4/c1-15-6-8-16(9-7-15)17-12-24-22-20(13-25-26(22)14-17)18-10-11-23-21-5-3-2-4-19(18)21/h2-14H,1H3. The van der Waals surface area contributed by atoms with Gasteiger partial charge in [0.15, 0.2) is 5.65 Å². The second kappa shape index (κ2) is 5.77. The van der Waals surface area contributed by atoms with Crippen molar-refractivity contribution in [1.29, 1.82) is 0 Å². The van der Waals surface area contributed by atoms with E-state index in [4.69, 9.17) is 4.98 Å². The lowest BCUT2D eigenvalue weighted by atomic mass is 10.0. The molecule has 4 nitrogen and oxygen atoms in total. The van der Waals surface area contributed by atoms with Crippen LogP contribution < -0.4 is 0 Å². The van der Waals surface area contributed by atoms with Crippen LogP contribution in [0.3, 0.4) is 0 Å². The summed E-state index contributed by atoms with van der Waals surface area (Å²) in [6.45, 7) is 2.09. The maximum Gasteiger partial charge on any atom is 0.162 e. The van der Waals surface area contributed by atoms with Gasteiger partial charge in [-0.05, 0) is 30.2 Å². The Morgan fingerprint density at radius 2 is 1.62 bits per heavy atom. The number of rotatable bonds is 2. The van der Waals surface area contributed by atoms with Crippen LogP contribution in [0.2, 0.25) is 0 Å². The summed E-state index contributed by atoms with van der Waals surface area (Å²) in [7, 11) is 0. The third kappa shape index (κ3) is 2.35. The molecule has 0 saturated carbocycles. The molecule has 0 saturated heterocycles. The lowest BCUT2D eigenvalue weighted by Crippen LogP contribution is -1.92. The summed E-state index contributed by atoms with van der Waals surface area (Å²) < 4.78 is 1.85. The molecular weight excluding hydrogens is 320 g/mol. The molecular formula is C22H16N4. The highest BCUT2D eigenvalue weighted by molar-refractivity contribution is 5.97. The van der Waals surface area contributed by atoms with Gasteiger partial charge in [0.25, 0.3) is 0 Å². The number of hydrogen-bond acceptors (Lipinski definition) is 3. The SMILES string of the molecule is Cc1ccc(-c2cnc3c(-c4ccnc5ccccc45)cnn3c2)cc1. The number of benzene rings is 2. The molecule has 0 radical (unpaired) electrons. The van der Waals surface area contributed by atoms with Gasteiger partial charge in [-0.2, -0.15) is 5.10 Å². The second-order valence-electron chi connectivity index (χ2n) is 6.41. The van der Waals surface area contributed by atoms with E-state index in [1.54, 1.807) is 0 Å². The Morgan fingerprint density at radius 3 is 2.50 bits per heavy atom. The molecule has 5 aromatic rings. The average molecular weight is 336 g/mol. The maximum atomic E-state index is 4.70. The van der Waals surface area contributed by atoms with Crippen LogP contribution in [0.15, 0.2) is 79.4 Å². The molecule has 0 fully saturated rings. The maximum absolute atomic E-state index is 4.70. The predicted octanol–water partition coefficient (Wildman–Crippen LogP) is 4.92. The molecule has 124 valence electrons. The molecule has 0 bridgehead atoms. The molecule has 3 heterocycles. The van der Waals surface area contributed by atoms with Gasteiger partial charge in [0, 0.05) is 35.1 Å². The zero-order chi connectivity index (χ0) is 17.5. The van der Waals surface area contributed by atoms with E-state index in [-0.39, 0.29) is 0 Å². The minimum Gasteiger partial charge on any atom is -0.256 e. The molecule has 3 aromatic heterocycles. The molecule has 0 aliphatic heterocycles. The molecule has 0 atom stereocenters. The number of hydrogen-bond donors (Lipinski definition) is 0. The van der Waals surface area contributed by atoms with E-state index in [0.29, 0.717) is 0 Å². The summed E-state index contributed by atoms with van der Waals surface area (Å²) in [6, 6.07) is 18.6. The van der Waals surface area contributed by atoms with Gasteiger partial charge in [-0.15, -0.1) is 0 Å². The zero-order valence-electron chi connectivity index (χ0n) is 14.3. The van der Waals surface area contributed by atoms with Crippen LogP contribution in [-0.2, 0) is 0 Å². The molecule has 5 rings (SSSR count). The van der Waals surface area contributed by atoms with Gasteiger partial charge in [0.2, 0.25) is 0 Å². The first kappa shape index (κ1) is 14.8. The first-order valence-corrected chi connectivity index (χ1v) is 8.54. The fraction of sp³-hybridized carbons (Fsp3) is 0.0455. The van der Waals surface area contributed by atoms with Gasteiger partial charge < -0.3 is 0 Å². The van der Waals surface area contributed by atoms with Crippen molar-refractivity contribution in [2.24, 2.45) is 0 Å². The molecule has 2 aromatic carbocycles. The number of pyridine rings is 1. The van der Waals surface area contributed by atoms with E-state index in [2.05, 4.69) is 47.3 Å². The molecule has 0 spiro atoms. The van der Waals surface area contributed by atoms with Crippen LogP contribution in [0.5, 0.6) is 0 Å². The Morgan fingerprint density at radius 1 is 0.769 bits per heavy atom. The third-order valence-corrected chi connectivity index (χ3v) is 4.68. The van der Waals surface area contributed by atoms with Crippen molar-refractivity contribution in [1.82, 2.24) is 19.6 Å². The number of para-hydroxylation sites is 1. The number of aromatic nitrogens is 4. The average Bonchev–Trinajstić information content (AvgIpc) is 3.11. The van der Waals surface area contributed by atoms with Crippen molar-refractivity contribution in [3.8, 4) is 22.3 Å². The van der Waals surface area contributed by atoms with Gasteiger partial charge in [0.05, 0.1) is 11.7 Å². The largest absolute Gasteiger partial charge is 0.256 e. The van der Waals surface area contributed by atoms with Crippen LogP contribution in [-0.4, -0.2) is 19.6 Å². The van der Waals surface area contributed by atoms with Gasteiger partial charge in [0.1, 0.15) is 0 Å². The second-order valence-corrected chi connectivity index (χ2v) is 6.41. The van der Waals surface area contributed by atoms with E-state index < -0.39 is 0 Å². The quantitative estimate of drug-likeness (QED) is 0.459. The third-order valence-electron chi connectivity index (χ3n) is 4.68. The van der Waals surface area contributed by atoms with Crippen LogP contribution >= 0.6 is 0 Å². The summed E-state index contributed by atoms with van der Waals surface area (Å²) in [4.78, 5) is 9.15. The normalized spacial score (nSPS) is 11.3. The van der Waals surface area contributed by atoms with Crippen molar-refractivity contribution in [2.45, 2.75) is 6.92 Å². The van der Waals surface area contributed by atoms with E-state index >= 15 is 0 Å². The van der Waals surface area contributed by atoms with Crippen molar-refractivity contribution in [3.05, 3.63) is 84.9 Å². The highest BCUT2D eigenvalue weighted by Gasteiger charge is 2.12. The zero-order valence-corrected chi connectivity index (χ0v) is 14.3. The number of aryl methyl sites for hydroxylation is 1. The summed E-state index contributed by atoms with van der Waals surface area (Å²) in [5.74, 6) is 0. The van der Waals surface area contributed by atoms with Crippen LogP contribution in [0.1, 0.15) is 5.56 Å². The van der Waals surface area contributed by atoms with Crippen LogP contribution in [0.25, 0.3) is 38.8 Å². The molecule has 0 aliphatic rings. The van der Waals surface area contributed by atoms with E-state index in [9.17, 15) is 0 Å².